The molecule has 148 valence electrons. The lowest BCUT2D eigenvalue weighted by Crippen LogP contribution is -2.23. The van der Waals surface area contributed by atoms with Crippen molar-refractivity contribution in [2.45, 2.75) is 27.3 Å². The summed E-state index contributed by atoms with van der Waals surface area (Å²) in [6.07, 6.45) is 1.44. The highest BCUT2D eigenvalue weighted by Crippen LogP contribution is 2.23. The van der Waals surface area contributed by atoms with E-state index in [0.29, 0.717) is 34.3 Å². The Balaban J connectivity index is 0.00000145. The number of amides is 1. The Morgan fingerprint density at radius 2 is 1.93 bits per heavy atom. The van der Waals surface area contributed by atoms with Crippen LogP contribution in [0.15, 0.2) is 60.8 Å². The lowest BCUT2D eigenvalue weighted by molar-refractivity contribution is 0.0950. The number of pyridine rings is 1. The average molecular weight is 408 g/mol. The van der Waals surface area contributed by atoms with E-state index in [1.54, 1.807) is 42.5 Å². The van der Waals surface area contributed by atoms with Crippen LogP contribution >= 0.6 is 11.6 Å². The second kappa shape index (κ2) is 10.8. The molecule has 5 nitrogen and oxygen atoms in total. The SMILES string of the molecule is CC.Cc1cc(Cl)ccc1CNC(=O)c1ccc(Oc2ccccc2C#N)nc1. The van der Waals surface area contributed by atoms with Gasteiger partial charge in [-0.15, -0.1) is 0 Å². The lowest BCUT2D eigenvalue weighted by atomic mass is 10.1. The van der Waals surface area contributed by atoms with E-state index in [0.717, 1.165) is 11.1 Å². The minimum atomic E-state index is -0.235. The number of halogens is 1. The van der Waals surface area contributed by atoms with E-state index in [4.69, 9.17) is 21.6 Å². The van der Waals surface area contributed by atoms with Crippen LogP contribution in [0.3, 0.4) is 0 Å². The maximum absolute atomic E-state index is 12.3. The number of carbonyl (C=O) groups excluding carboxylic acids is 1. The molecule has 0 radical (unpaired) electrons. The van der Waals surface area contributed by atoms with Crippen LogP contribution in [0.1, 0.15) is 40.9 Å². The molecular formula is C23H22ClN3O2. The van der Waals surface area contributed by atoms with E-state index >= 15 is 0 Å². The summed E-state index contributed by atoms with van der Waals surface area (Å²) in [7, 11) is 0. The number of rotatable bonds is 5. The van der Waals surface area contributed by atoms with Gasteiger partial charge in [-0.2, -0.15) is 5.26 Å². The van der Waals surface area contributed by atoms with Gasteiger partial charge in [-0.25, -0.2) is 4.98 Å². The summed E-state index contributed by atoms with van der Waals surface area (Å²) in [5.74, 6) is 0.492. The Bertz CT molecular complexity index is 1010. The number of ether oxygens (including phenoxy) is 1. The molecule has 1 heterocycles. The summed E-state index contributed by atoms with van der Waals surface area (Å²) in [6, 6.07) is 17.7. The average Bonchev–Trinajstić information content (AvgIpc) is 2.75. The van der Waals surface area contributed by atoms with E-state index < -0.39 is 0 Å². The highest BCUT2D eigenvalue weighted by Gasteiger charge is 2.09. The van der Waals surface area contributed by atoms with Crippen LogP contribution in [-0.4, -0.2) is 10.9 Å². The molecule has 0 bridgehead atoms. The lowest BCUT2D eigenvalue weighted by Gasteiger charge is -2.09. The molecule has 6 heteroatoms. The molecule has 0 unspecified atom stereocenters. The second-order valence-corrected chi connectivity index (χ2v) is 6.29. The number of aromatic nitrogens is 1. The number of carbonyl (C=O) groups is 1. The summed E-state index contributed by atoms with van der Waals surface area (Å²) in [4.78, 5) is 16.4. The zero-order valence-corrected chi connectivity index (χ0v) is 17.3. The molecule has 1 aromatic heterocycles. The molecule has 3 rings (SSSR count). The minimum Gasteiger partial charge on any atom is -0.438 e. The fourth-order valence-electron chi connectivity index (χ4n) is 2.47. The Kier molecular flexibility index (Phi) is 8.20. The number of benzene rings is 2. The van der Waals surface area contributed by atoms with Gasteiger partial charge in [0.2, 0.25) is 5.88 Å². The highest BCUT2D eigenvalue weighted by molar-refractivity contribution is 6.30. The summed E-state index contributed by atoms with van der Waals surface area (Å²) in [6.45, 7) is 6.34. The molecule has 0 spiro atoms. The van der Waals surface area contributed by atoms with Gasteiger partial charge in [0.1, 0.15) is 11.8 Å². The molecule has 3 aromatic rings. The molecule has 1 N–H and O–H groups in total. The fraction of sp³-hybridized carbons (Fsp3) is 0.174. The van der Waals surface area contributed by atoms with Gasteiger partial charge in [-0.05, 0) is 48.4 Å². The van der Waals surface area contributed by atoms with Crippen molar-refractivity contribution in [3.63, 3.8) is 0 Å². The Hall–Kier alpha value is -3.36. The van der Waals surface area contributed by atoms with Crippen LogP contribution in [0, 0.1) is 18.3 Å². The van der Waals surface area contributed by atoms with E-state index in [1.807, 2.05) is 32.9 Å². The molecule has 0 atom stereocenters. The summed E-state index contributed by atoms with van der Waals surface area (Å²) >= 11 is 5.94. The van der Waals surface area contributed by atoms with Crippen molar-refractivity contribution in [2.24, 2.45) is 0 Å². The molecule has 0 aliphatic heterocycles. The highest BCUT2D eigenvalue weighted by atomic mass is 35.5. The minimum absolute atomic E-state index is 0.235. The topological polar surface area (TPSA) is 75.0 Å². The standard InChI is InChI=1S/C21H16ClN3O2.C2H6/c1-14-10-18(22)8-6-16(14)12-25-21(26)17-7-9-20(24-13-17)27-19-5-3-2-4-15(19)11-23;1-2/h2-10,13H,12H2,1H3,(H,25,26);1-2H3. The van der Waals surface area contributed by atoms with Crippen molar-refractivity contribution >= 4 is 17.5 Å². The maximum atomic E-state index is 12.3. The third-order valence-electron chi connectivity index (χ3n) is 3.96. The summed E-state index contributed by atoms with van der Waals surface area (Å²) in [5.41, 5.74) is 2.84. The smallest absolute Gasteiger partial charge is 0.253 e. The molecule has 29 heavy (non-hydrogen) atoms. The molecule has 0 aliphatic rings. The fourth-order valence-corrected chi connectivity index (χ4v) is 2.70. The van der Waals surface area contributed by atoms with Gasteiger partial charge in [0, 0.05) is 23.8 Å². The number of nitrogens with zero attached hydrogens (tertiary/aromatic N) is 2. The van der Waals surface area contributed by atoms with Crippen molar-refractivity contribution in [3.8, 4) is 17.7 Å². The Morgan fingerprint density at radius 3 is 2.59 bits per heavy atom. The first kappa shape index (κ1) is 21.9. The predicted molar refractivity (Wildman–Crippen MR) is 114 cm³/mol. The number of hydrogen-bond donors (Lipinski definition) is 1. The molecule has 2 aromatic carbocycles. The Labute approximate surface area is 175 Å². The van der Waals surface area contributed by atoms with Crippen molar-refractivity contribution in [2.75, 3.05) is 0 Å². The third-order valence-corrected chi connectivity index (χ3v) is 4.20. The largest absolute Gasteiger partial charge is 0.438 e. The number of nitriles is 1. The predicted octanol–water partition coefficient (Wildman–Crippen LogP) is 5.66. The van der Waals surface area contributed by atoms with E-state index in [2.05, 4.69) is 16.4 Å². The Morgan fingerprint density at radius 1 is 1.17 bits per heavy atom. The van der Waals surface area contributed by atoms with Gasteiger partial charge in [0.15, 0.2) is 0 Å². The quantitative estimate of drug-likeness (QED) is 0.591. The van der Waals surface area contributed by atoms with E-state index in [1.165, 1.54) is 6.20 Å². The van der Waals surface area contributed by atoms with Crippen molar-refractivity contribution in [1.29, 1.82) is 5.26 Å². The van der Waals surface area contributed by atoms with Crippen LogP contribution in [-0.2, 0) is 6.54 Å². The first-order chi connectivity index (χ1) is 14.1. The first-order valence-electron chi connectivity index (χ1n) is 9.23. The number of aryl methyl sites for hydroxylation is 1. The van der Waals surface area contributed by atoms with Gasteiger partial charge in [-0.1, -0.05) is 43.6 Å². The van der Waals surface area contributed by atoms with Crippen LogP contribution in [0.2, 0.25) is 5.02 Å². The van der Waals surface area contributed by atoms with Gasteiger partial charge in [0.25, 0.3) is 5.91 Å². The second-order valence-electron chi connectivity index (χ2n) is 5.85. The summed E-state index contributed by atoms with van der Waals surface area (Å²) in [5, 5.41) is 12.6. The zero-order valence-electron chi connectivity index (χ0n) is 16.6. The summed E-state index contributed by atoms with van der Waals surface area (Å²) < 4.78 is 5.61. The van der Waals surface area contributed by atoms with Crippen molar-refractivity contribution in [3.05, 3.63) is 88.1 Å². The van der Waals surface area contributed by atoms with Gasteiger partial charge < -0.3 is 10.1 Å². The van der Waals surface area contributed by atoms with Crippen LogP contribution in [0.25, 0.3) is 0 Å². The van der Waals surface area contributed by atoms with Crippen molar-refractivity contribution in [1.82, 2.24) is 10.3 Å². The molecule has 0 fully saturated rings. The third kappa shape index (κ3) is 6.06. The molecule has 0 aliphatic carbocycles. The maximum Gasteiger partial charge on any atom is 0.253 e. The molecule has 1 amide bonds. The van der Waals surface area contributed by atoms with Crippen LogP contribution < -0.4 is 10.1 Å². The molecule has 0 saturated heterocycles. The normalized spacial score (nSPS) is 9.62. The van der Waals surface area contributed by atoms with Crippen molar-refractivity contribution < 1.29 is 9.53 Å². The first-order valence-corrected chi connectivity index (χ1v) is 9.61. The van der Waals surface area contributed by atoms with Crippen LogP contribution in [0.5, 0.6) is 11.6 Å². The van der Waals surface area contributed by atoms with E-state index in [9.17, 15) is 4.79 Å². The zero-order chi connectivity index (χ0) is 21.2. The van der Waals surface area contributed by atoms with E-state index in [-0.39, 0.29) is 5.91 Å². The van der Waals surface area contributed by atoms with Gasteiger partial charge in [-0.3, -0.25) is 4.79 Å². The number of hydrogen-bond acceptors (Lipinski definition) is 4. The van der Waals surface area contributed by atoms with Gasteiger partial charge in [0.05, 0.1) is 11.1 Å². The monoisotopic (exact) mass is 407 g/mol. The van der Waals surface area contributed by atoms with Crippen LogP contribution in [0.4, 0.5) is 0 Å². The number of nitrogens with one attached hydrogen (secondary N) is 1. The number of para-hydroxylation sites is 1. The molecular weight excluding hydrogens is 386 g/mol. The van der Waals surface area contributed by atoms with Gasteiger partial charge >= 0.3 is 0 Å². The molecule has 0 saturated carbocycles.